The predicted molar refractivity (Wildman–Crippen MR) is 57.6 cm³/mol. The van der Waals surface area contributed by atoms with Crippen molar-refractivity contribution < 1.29 is 24.6 Å². The fraction of sp³-hybridized carbons (Fsp3) is 0.700. The lowest BCUT2D eigenvalue weighted by Crippen LogP contribution is -2.49. The van der Waals surface area contributed by atoms with Crippen LogP contribution in [0.2, 0.25) is 0 Å². The van der Waals surface area contributed by atoms with Crippen molar-refractivity contribution in [3.63, 3.8) is 0 Å². The van der Waals surface area contributed by atoms with E-state index in [1.807, 2.05) is 0 Å². The molecule has 0 aromatic rings. The van der Waals surface area contributed by atoms with Gasteiger partial charge < -0.3 is 20.4 Å². The van der Waals surface area contributed by atoms with E-state index in [2.05, 4.69) is 5.32 Å². The van der Waals surface area contributed by atoms with Gasteiger partial charge >= 0.3 is 18.0 Å². The summed E-state index contributed by atoms with van der Waals surface area (Å²) in [6.07, 6.45) is 0.814. The topological polar surface area (TPSA) is 107 Å². The molecule has 0 aliphatic carbocycles. The molecule has 7 nitrogen and oxygen atoms in total. The van der Waals surface area contributed by atoms with Gasteiger partial charge in [-0.15, -0.1) is 0 Å². The smallest absolute Gasteiger partial charge is 0.325 e. The first-order chi connectivity index (χ1) is 7.91. The Morgan fingerprint density at radius 2 is 1.76 bits per heavy atom. The average Bonchev–Trinajstić information content (AvgIpc) is 2.28. The molecule has 0 saturated carbocycles. The Labute approximate surface area is 98.4 Å². The quantitative estimate of drug-likeness (QED) is 0.646. The fourth-order valence-corrected chi connectivity index (χ4v) is 1.67. The van der Waals surface area contributed by atoms with Crippen LogP contribution in [0.25, 0.3) is 0 Å². The largest absolute Gasteiger partial charge is 0.481 e. The zero-order valence-corrected chi connectivity index (χ0v) is 9.55. The third kappa shape index (κ3) is 3.61. The van der Waals surface area contributed by atoms with E-state index in [0.29, 0.717) is 25.9 Å². The number of carboxylic acid groups (broad SMARTS) is 2. The summed E-state index contributed by atoms with van der Waals surface area (Å²) in [7, 11) is 0. The van der Waals surface area contributed by atoms with Crippen LogP contribution in [-0.4, -0.2) is 52.2 Å². The highest BCUT2D eigenvalue weighted by atomic mass is 16.4. The molecule has 0 spiro atoms. The van der Waals surface area contributed by atoms with Gasteiger partial charge in [-0.1, -0.05) is 0 Å². The van der Waals surface area contributed by atoms with E-state index in [4.69, 9.17) is 10.2 Å². The van der Waals surface area contributed by atoms with Gasteiger partial charge in [-0.05, 0) is 19.8 Å². The number of hydrogen-bond donors (Lipinski definition) is 3. The molecule has 7 heteroatoms. The summed E-state index contributed by atoms with van der Waals surface area (Å²) < 4.78 is 0. The van der Waals surface area contributed by atoms with Crippen LogP contribution in [0, 0.1) is 5.92 Å². The molecular weight excluding hydrogens is 228 g/mol. The standard InChI is InChI=1S/C10H16N2O5/c1-6(8(13)14)11-10(17)12-4-2-7(3-5-12)9(15)16/h6-7H,2-5H2,1H3,(H,11,17)(H,13,14)(H,15,16). The zero-order chi connectivity index (χ0) is 13.0. The monoisotopic (exact) mass is 244 g/mol. The summed E-state index contributed by atoms with van der Waals surface area (Å²) in [4.78, 5) is 34.3. The van der Waals surface area contributed by atoms with Crippen LogP contribution >= 0.6 is 0 Å². The second-order valence-electron chi connectivity index (χ2n) is 4.11. The predicted octanol–water partition coefficient (Wildman–Crippen LogP) is -0.0343. The molecule has 2 amide bonds. The van der Waals surface area contributed by atoms with Gasteiger partial charge in [0, 0.05) is 13.1 Å². The molecule has 0 aromatic carbocycles. The van der Waals surface area contributed by atoms with Crippen molar-refractivity contribution in [3.05, 3.63) is 0 Å². The van der Waals surface area contributed by atoms with Crippen LogP contribution in [0.15, 0.2) is 0 Å². The van der Waals surface area contributed by atoms with Gasteiger partial charge in [0.1, 0.15) is 6.04 Å². The SMILES string of the molecule is CC(NC(=O)N1CCC(C(=O)O)CC1)C(=O)O. The number of aliphatic carboxylic acids is 2. The Bertz CT molecular complexity index is 323. The molecule has 3 N–H and O–H groups in total. The van der Waals surface area contributed by atoms with Crippen molar-refractivity contribution in [2.75, 3.05) is 13.1 Å². The van der Waals surface area contributed by atoms with Crippen molar-refractivity contribution in [1.82, 2.24) is 10.2 Å². The number of urea groups is 1. The number of carbonyl (C=O) groups excluding carboxylic acids is 1. The van der Waals surface area contributed by atoms with E-state index in [-0.39, 0.29) is 0 Å². The third-order valence-electron chi connectivity index (χ3n) is 2.84. The van der Waals surface area contributed by atoms with Crippen LogP contribution in [0.3, 0.4) is 0 Å². The summed E-state index contributed by atoms with van der Waals surface area (Å²) in [5, 5.41) is 19.8. The molecule has 1 aliphatic rings. The fourth-order valence-electron chi connectivity index (χ4n) is 1.67. The summed E-state index contributed by atoms with van der Waals surface area (Å²) >= 11 is 0. The number of nitrogens with zero attached hydrogens (tertiary/aromatic N) is 1. The van der Waals surface area contributed by atoms with Crippen LogP contribution in [0.4, 0.5) is 4.79 Å². The molecule has 1 saturated heterocycles. The van der Waals surface area contributed by atoms with Gasteiger partial charge in [-0.3, -0.25) is 9.59 Å². The van der Waals surface area contributed by atoms with Crippen molar-refractivity contribution in [2.24, 2.45) is 5.92 Å². The summed E-state index contributed by atoms with van der Waals surface area (Å²) in [5.74, 6) is -2.35. The first-order valence-electron chi connectivity index (χ1n) is 5.43. The number of carbonyl (C=O) groups is 3. The van der Waals surface area contributed by atoms with Crippen molar-refractivity contribution in [3.8, 4) is 0 Å². The van der Waals surface area contributed by atoms with Crippen molar-refractivity contribution in [1.29, 1.82) is 0 Å². The Kier molecular flexibility index (Phi) is 4.30. The molecule has 1 atom stereocenters. The van der Waals surface area contributed by atoms with E-state index in [1.165, 1.54) is 11.8 Å². The molecule has 96 valence electrons. The second-order valence-corrected chi connectivity index (χ2v) is 4.11. The lowest BCUT2D eigenvalue weighted by Gasteiger charge is -2.30. The molecule has 0 aromatic heterocycles. The van der Waals surface area contributed by atoms with Gasteiger partial charge in [0.25, 0.3) is 0 Å². The van der Waals surface area contributed by atoms with E-state index in [9.17, 15) is 14.4 Å². The van der Waals surface area contributed by atoms with E-state index in [0.717, 1.165) is 0 Å². The number of nitrogens with one attached hydrogen (secondary N) is 1. The highest BCUT2D eigenvalue weighted by Gasteiger charge is 2.28. The van der Waals surface area contributed by atoms with Crippen LogP contribution in [0.5, 0.6) is 0 Å². The second kappa shape index (κ2) is 5.51. The minimum absolute atomic E-state index is 0.342. The molecule has 1 aliphatic heterocycles. The highest BCUT2D eigenvalue weighted by Crippen LogP contribution is 2.17. The Balaban J connectivity index is 2.41. The van der Waals surface area contributed by atoms with Crippen molar-refractivity contribution >= 4 is 18.0 Å². The molecule has 0 bridgehead atoms. The number of hydrogen-bond acceptors (Lipinski definition) is 3. The van der Waals surface area contributed by atoms with Gasteiger partial charge in [0.2, 0.25) is 0 Å². The molecule has 17 heavy (non-hydrogen) atoms. The maximum atomic E-state index is 11.6. The van der Waals surface area contributed by atoms with Gasteiger partial charge in [-0.2, -0.15) is 0 Å². The highest BCUT2D eigenvalue weighted by molar-refractivity contribution is 5.82. The van der Waals surface area contributed by atoms with Gasteiger partial charge in [-0.25, -0.2) is 4.79 Å². The molecule has 1 unspecified atom stereocenters. The summed E-state index contributed by atoms with van der Waals surface area (Å²) in [6, 6.07) is -1.40. The van der Waals surface area contributed by atoms with Crippen LogP contribution in [-0.2, 0) is 9.59 Å². The number of carboxylic acids is 2. The van der Waals surface area contributed by atoms with Gasteiger partial charge in [0.05, 0.1) is 5.92 Å². The number of rotatable bonds is 3. The van der Waals surface area contributed by atoms with E-state index >= 15 is 0 Å². The normalized spacial score (nSPS) is 18.5. The minimum Gasteiger partial charge on any atom is -0.481 e. The van der Waals surface area contributed by atoms with Crippen LogP contribution in [0.1, 0.15) is 19.8 Å². The Morgan fingerprint density at radius 1 is 1.24 bits per heavy atom. The number of likely N-dealkylation sites (tertiary alicyclic amines) is 1. The summed E-state index contributed by atoms with van der Waals surface area (Å²) in [5.41, 5.74) is 0. The molecule has 1 fully saturated rings. The molecule has 0 radical (unpaired) electrons. The molecular formula is C10H16N2O5. The van der Waals surface area contributed by atoms with Crippen molar-refractivity contribution in [2.45, 2.75) is 25.8 Å². The first-order valence-corrected chi connectivity index (χ1v) is 5.43. The van der Waals surface area contributed by atoms with E-state index in [1.54, 1.807) is 0 Å². The average molecular weight is 244 g/mol. The van der Waals surface area contributed by atoms with Gasteiger partial charge in [0.15, 0.2) is 0 Å². The lowest BCUT2D eigenvalue weighted by molar-refractivity contribution is -0.143. The number of amides is 2. The zero-order valence-electron chi connectivity index (χ0n) is 9.55. The van der Waals surface area contributed by atoms with E-state index < -0.39 is 29.9 Å². The summed E-state index contributed by atoms with van der Waals surface area (Å²) in [6.45, 7) is 2.06. The first kappa shape index (κ1) is 13.3. The van der Waals surface area contributed by atoms with Crippen LogP contribution < -0.4 is 5.32 Å². The Morgan fingerprint density at radius 3 is 2.18 bits per heavy atom. The molecule has 1 rings (SSSR count). The lowest BCUT2D eigenvalue weighted by atomic mass is 9.97. The third-order valence-corrected chi connectivity index (χ3v) is 2.84. The Hall–Kier alpha value is -1.79. The maximum absolute atomic E-state index is 11.6. The maximum Gasteiger partial charge on any atom is 0.325 e. The minimum atomic E-state index is -1.10. The number of piperidine rings is 1. The molecule has 1 heterocycles.